The van der Waals surface area contributed by atoms with Gasteiger partial charge in [-0.05, 0) is 25.1 Å². The number of hydrogen-bond acceptors (Lipinski definition) is 4. The van der Waals surface area contributed by atoms with Crippen LogP contribution in [-0.4, -0.2) is 20.4 Å². The molecule has 0 amide bonds. The average Bonchev–Trinajstić information content (AvgIpc) is 2.93. The first-order valence-electron chi connectivity index (χ1n) is 6.78. The molecule has 2 aromatic heterocycles. The second-order valence-corrected chi connectivity index (χ2v) is 6.01. The van der Waals surface area contributed by atoms with E-state index in [0.717, 1.165) is 11.2 Å². The highest BCUT2D eigenvalue weighted by atomic mass is 35.5. The summed E-state index contributed by atoms with van der Waals surface area (Å²) in [4.78, 5) is 8.96. The van der Waals surface area contributed by atoms with E-state index in [0.29, 0.717) is 21.6 Å². The van der Waals surface area contributed by atoms with E-state index in [4.69, 9.17) is 34.7 Å². The zero-order chi connectivity index (χ0) is 15.9. The van der Waals surface area contributed by atoms with Crippen LogP contribution in [0.5, 0.6) is 0 Å². The third-order valence-electron chi connectivity index (χ3n) is 3.49. The van der Waals surface area contributed by atoms with E-state index in [-0.39, 0.29) is 6.04 Å². The molecule has 0 aliphatic carbocycles. The lowest BCUT2D eigenvalue weighted by molar-refractivity contribution is 0.552. The Morgan fingerprint density at radius 3 is 2.64 bits per heavy atom. The maximum atomic E-state index is 6.28. The van der Waals surface area contributed by atoms with Crippen LogP contribution in [0.4, 0.5) is 0 Å². The molecule has 22 heavy (non-hydrogen) atoms. The molecule has 1 aromatic carbocycles. The Kier molecular flexibility index (Phi) is 4.06. The number of fused-ring (bicyclic) bond motifs is 1. The van der Waals surface area contributed by atoms with Crippen molar-refractivity contribution in [2.45, 2.75) is 19.0 Å². The molecule has 4 N–H and O–H groups in total. The van der Waals surface area contributed by atoms with Crippen LogP contribution in [0.25, 0.3) is 16.9 Å². The predicted molar refractivity (Wildman–Crippen MR) is 89.0 cm³/mol. The van der Waals surface area contributed by atoms with Crippen LogP contribution in [0.3, 0.4) is 0 Å². The fourth-order valence-electron chi connectivity index (χ4n) is 2.25. The Morgan fingerprint density at radius 1 is 1.18 bits per heavy atom. The van der Waals surface area contributed by atoms with Crippen molar-refractivity contribution in [3.05, 3.63) is 52.5 Å². The molecule has 2 unspecified atom stereocenters. The molecule has 0 aliphatic rings. The van der Waals surface area contributed by atoms with Gasteiger partial charge in [-0.15, -0.1) is 0 Å². The van der Waals surface area contributed by atoms with E-state index in [2.05, 4.69) is 9.97 Å². The fourth-order valence-corrected chi connectivity index (χ4v) is 2.76. The summed E-state index contributed by atoms with van der Waals surface area (Å²) in [5, 5.41) is 1.10. The average molecular weight is 336 g/mol. The standard InChI is InChI=1S/C15H15Cl2N5/c1-8(18)14(19)15-21-12(7-13-20-4-5-22(13)15)10-3-2-9(16)6-11(10)17/h2-8,14H,18-19H2,1H3. The van der Waals surface area contributed by atoms with Gasteiger partial charge in [0, 0.05) is 35.1 Å². The van der Waals surface area contributed by atoms with Crippen LogP contribution in [0.15, 0.2) is 36.7 Å². The Labute approximate surface area is 137 Å². The van der Waals surface area contributed by atoms with Crippen LogP contribution in [0.1, 0.15) is 18.8 Å². The molecule has 0 bridgehead atoms. The summed E-state index contributed by atoms with van der Waals surface area (Å²) in [7, 11) is 0. The molecule has 0 saturated carbocycles. The van der Waals surface area contributed by atoms with E-state index in [1.807, 2.05) is 29.7 Å². The summed E-state index contributed by atoms with van der Waals surface area (Å²) in [5.41, 5.74) is 14.3. The van der Waals surface area contributed by atoms with Crippen LogP contribution in [-0.2, 0) is 0 Å². The second-order valence-electron chi connectivity index (χ2n) is 5.16. The monoisotopic (exact) mass is 335 g/mol. The molecule has 3 rings (SSSR count). The van der Waals surface area contributed by atoms with Gasteiger partial charge in [0.15, 0.2) is 0 Å². The number of nitrogens with two attached hydrogens (primary N) is 2. The summed E-state index contributed by atoms with van der Waals surface area (Å²) in [5.74, 6) is 0.644. The molecule has 5 nitrogen and oxygen atoms in total. The molecule has 2 atom stereocenters. The molecule has 0 aliphatic heterocycles. The predicted octanol–water partition coefficient (Wildman–Crippen LogP) is 3.05. The lowest BCUT2D eigenvalue weighted by Gasteiger charge is -2.18. The minimum absolute atomic E-state index is 0.242. The number of benzene rings is 1. The number of hydrogen-bond donors (Lipinski definition) is 2. The molecule has 0 spiro atoms. The first-order valence-corrected chi connectivity index (χ1v) is 7.53. The van der Waals surface area contributed by atoms with Crippen LogP contribution in [0, 0.1) is 0 Å². The van der Waals surface area contributed by atoms with Crippen LogP contribution in [0.2, 0.25) is 10.0 Å². The molecular weight excluding hydrogens is 321 g/mol. The van der Waals surface area contributed by atoms with Crippen molar-refractivity contribution in [1.29, 1.82) is 0 Å². The van der Waals surface area contributed by atoms with Gasteiger partial charge < -0.3 is 11.5 Å². The van der Waals surface area contributed by atoms with E-state index >= 15 is 0 Å². The van der Waals surface area contributed by atoms with Crippen molar-refractivity contribution in [3.63, 3.8) is 0 Å². The van der Waals surface area contributed by atoms with Crippen molar-refractivity contribution >= 4 is 28.8 Å². The van der Waals surface area contributed by atoms with E-state index in [9.17, 15) is 0 Å². The fraction of sp³-hybridized carbons (Fsp3) is 0.200. The SMILES string of the molecule is CC(N)C(N)c1nc(-c2ccc(Cl)cc2Cl)cc2nccn12. The molecule has 0 radical (unpaired) electrons. The molecule has 0 saturated heterocycles. The molecular formula is C15H15Cl2N5. The van der Waals surface area contributed by atoms with E-state index in [1.54, 1.807) is 18.3 Å². The van der Waals surface area contributed by atoms with Crippen molar-refractivity contribution in [3.8, 4) is 11.3 Å². The van der Waals surface area contributed by atoms with Gasteiger partial charge in [-0.2, -0.15) is 0 Å². The smallest absolute Gasteiger partial charge is 0.140 e. The topological polar surface area (TPSA) is 82.2 Å². The summed E-state index contributed by atoms with van der Waals surface area (Å²) in [6.07, 6.45) is 3.51. The number of aromatic nitrogens is 3. The Bertz CT molecular complexity index is 828. The summed E-state index contributed by atoms with van der Waals surface area (Å²) in [6.45, 7) is 1.84. The summed E-state index contributed by atoms with van der Waals surface area (Å²) < 4.78 is 1.83. The maximum Gasteiger partial charge on any atom is 0.140 e. The van der Waals surface area contributed by atoms with Gasteiger partial charge in [0.1, 0.15) is 11.5 Å². The van der Waals surface area contributed by atoms with Gasteiger partial charge >= 0.3 is 0 Å². The third kappa shape index (κ3) is 2.68. The first-order chi connectivity index (χ1) is 10.5. The number of nitrogens with zero attached hydrogens (tertiary/aromatic N) is 3. The minimum Gasteiger partial charge on any atom is -0.326 e. The van der Waals surface area contributed by atoms with Gasteiger partial charge in [0.2, 0.25) is 0 Å². The van der Waals surface area contributed by atoms with Crippen LogP contribution >= 0.6 is 23.2 Å². The number of rotatable bonds is 3. The van der Waals surface area contributed by atoms with E-state index in [1.165, 1.54) is 0 Å². The van der Waals surface area contributed by atoms with Crippen molar-refractivity contribution < 1.29 is 0 Å². The summed E-state index contributed by atoms with van der Waals surface area (Å²) >= 11 is 12.2. The summed E-state index contributed by atoms with van der Waals surface area (Å²) in [6, 6.07) is 6.48. The largest absolute Gasteiger partial charge is 0.326 e. The number of halogens is 2. The molecule has 0 fully saturated rings. The van der Waals surface area contributed by atoms with Gasteiger partial charge in [-0.25, -0.2) is 9.97 Å². The van der Waals surface area contributed by atoms with Crippen LogP contribution < -0.4 is 11.5 Å². The number of imidazole rings is 1. The highest BCUT2D eigenvalue weighted by Gasteiger charge is 2.18. The third-order valence-corrected chi connectivity index (χ3v) is 4.04. The minimum atomic E-state index is -0.414. The first kappa shape index (κ1) is 15.2. The molecule has 114 valence electrons. The highest BCUT2D eigenvalue weighted by Crippen LogP contribution is 2.30. The molecule has 2 heterocycles. The van der Waals surface area contributed by atoms with Gasteiger partial charge in [0.05, 0.1) is 16.8 Å². The zero-order valence-corrected chi connectivity index (χ0v) is 13.4. The molecule has 7 heteroatoms. The Balaban J connectivity index is 2.22. The second kappa shape index (κ2) is 5.85. The Morgan fingerprint density at radius 2 is 1.95 bits per heavy atom. The maximum absolute atomic E-state index is 6.28. The zero-order valence-electron chi connectivity index (χ0n) is 11.9. The quantitative estimate of drug-likeness (QED) is 0.770. The lowest BCUT2D eigenvalue weighted by Crippen LogP contribution is -2.33. The molecule has 3 aromatic rings. The highest BCUT2D eigenvalue weighted by molar-refractivity contribution is 6.36. The van der Waals surface area contributed by atoms with E-state index < -0.39 is 6.04 Å². The van der Waals surface area contributed by atoms with Crippen molar-refractivity contribution in [2.24, 2.45) is 11.5 Å². The normalized spacial score (nSPS) is 14.2. The van der Waals surface area contributed by atoms with Gasteiger partial charge in [-0.3, -0.25) is 4.40 Å². The van der Waals surface area contributed by atoms with Crippen molar-refractivity contribution in [1.82, 2.24) is 14.4 Å². The van der Waals surface area contributed by atoms with Gasteiger partial charge in [-0.1, -0.05) is 23.2 Å². The van der Waals surface area contributed by atoms with Crippen molar-refractivity contribution in [2.75, 3.05) is 0 Å². The Hall–Kier alpha value is -1.66. The van der Waals surface area contributed by atoms with Gasteiger partial charge in [0.25, 0.3) is 0 Å². The lowest BCUT2D eigenvalue weighted by atomic mass is 10.1.